The molecule has 1 fully saturated rings. The predicted molar refractivity (Wildman–Crippen MR) is 125 cm³/mol. The Morgan fingerprint density at radius 2 is 2.03 bits per heavy atom. The SMILES string of the molecule is Cc1cc([C@@H]2CN(c3cc4c(=O)n(C)cnc4c(-c4ccc(Cl)cc4F)n3)CCO2)ccn1. The maximum absolute atomic E-state index is 14.9. The van der Waals surface area contributed by atoms with Gasteiger partial charge in [0.2, 0.25) is 0 Å². The van der Waals surface area contributed by atoms with Crippen LogP contribution < -0.4 is 10.5 Å². The average Bonchev–Trinajstić information content (AvgIpc) is 2.81. The first-order chi connectivity index (χ1) is 15.9. The van der Waals surface area contributed by atoms with Gasteiger partial charge in [-0.05, 0) is 48.9 Å². The number of anilines is 1. The number of morpholine rings is 1. The number of nitrogens with zero attached hydrogens (tertiary/aromatic N) is 5. The van der Waals surface area contributed by atoms with Gasteiger partial charge in [-0.15, -0.1) is 0 Å². The summed E-state index contributed by atoms with van der Waals surface area (Å²) < 4.78 is 22.3. The Morgan fingerprint density at radius 1 is 1.18 bits per heavy atom. The van der Waals surface area contributed by atoms with Gasteiger partial charge in [-0.1, -0.05) is 11.6 Å². The van der Waals surface area contributed by atoms with Crippen LogP contribution in [0.2, 0.25) is 5.02 Å². The number of benzene rings is 1. The van der Waals surface area contributed by atoms with E-state index >= 15 is 0 Å². The van der Waals surface area contributed by atoms with Crippen LogP contribution in [0.1, 0.15) is 17.4 Å². The normalized spacial score (nSPS) is 16.4. The highest BCUT2D eigenvalue weighted by Crippen LogP contribution is 2.32. The van der Waals surface area contributed by atoms with E-state index in [1.165, 1.54) is 17.0 Å². The third kappa shape index (κ3) is 4.07. The molecule has 33 heavy (non-hydrogen) atoms. The second kappa shape index (κ2) is 8.53. The quantitative estimate of drug-likeness (QED) is 0.454. The summed E-state index contributed by atoms with van der Waals surface area (Å²) in [5.41, 5.74) is 2.59. The number of ether oxygens (including phenoxy) is 1. The van der Waals surface area contributed by atoms with Gasteiger partial charge in [-0.25, -0.2) is 14.4 Å². The molecule has 7 nitrogen and oxygen atoms in total. The molecule has 5 rings (SSSR count). The Morgan fingerprint density at radius 3 is 2.82 bits per heavy atom. The van der Waals surface area contributed by atoms with Crippen molar-refractivity contribution in [3.05, 3.63) is 81.4 Å². The second-order valence-corrected chi connectivity index (χ2v) is 8.48. The molecule has 0 radical (unpaired) electrons. The van der Waals surface area contributed by atoms with E-state index in [1.807, 2.05) is 24.0 Å². The number of halogens is 2. The number of pyridine rings is 2. The van der Waals surface area contributed by atoms with Crippen LogP contribution in [0.3, 0.4) is 0 Å². The minimum absolute atomic E-state index is 0.176. The molecule has 9 heteroatoms. The van der Waals surface area contributed by atoms with Crippen molar-refractivity contribution in [3.63, 3.8) is 0 Å². The Bertz CT molecular complexity index is 1420. The molecule has 168 valence electrons. The molecule has 1 aliphatic rings. The molecule has 0 aliphatic carbocycles. The maximum Gasteiger partial charge on any atom is 0.261 e. The third-order valence-electron chi connectivity index (χ3n) is 5.76. The fourth-order valence-electron chi connectivity index (χ4n) is 4.06. The van der Waals surface area contributed by atoms with Crippen LogP contribution in [0, 0.1) is 12.7 Å². The van der Waals surface area contributed by atoms with Crippen molar-refractivity contribution in [2.24, 2.45) is 7.05 Å². The van der Waals surface area contributed by atoms with E-state index in [4.69, 9.17) is 21.3 Å². The smallest absolute Gasteiger partial charge is 0.261 e. The molecule has 1 atom stereocenters. The lowest BCUT2D eigenvalue weighted by atomic mass is 10.1. The van der Waals surface area contributed by atoms with Crippen LogP contribution in [0.4, 0.5) is 10.2 Å². The van der Waals surface area contributed by atoms with E-state index < -0.39 is 5.82 Å². The lowest BCUT2D eigenvalue weighted by Crippen LogP contribution is -2.39. The molecule has 0 N–H and O–H groups in total. The second-order valence-electron chi connectivity index (χ2n) is 8.05. The van der Waals surface area contributed by atoms with Crippen LogP contribution in [-0.4, -0.2) is 39.2 Å². The van der Waals surface area contributed by atoms with Crippen molar-refractivity contribution in [2.45, 2.75) is 13.0 Å². The topological polar surface area (TPSA) is 73.1 Å². The molecule has 4 heterocycles. The number of aryl methyl sites for hydroxylation is 2. The Balaban J connectivity index is 1.64. The standard InChI is InChI=1S/C24H21ClFN5O2/c1-14-9-15(5-6-27-14)20-12-31(7-8-33-20)21-11-18-22(28-13-30(2)24(18)32)23(29-21)17-4-3-16(25)10-19(17)26/h3-6,9-11,13,20H,7-8,12H2,1-2H3/t20-/m0/s1. The number of hydrogen-bond donors (Lipinski definition) is 0. The van der Waals surface area contributed by atoms with Gasteiger partial charge in [-0.2, -0.15) is 0 Å². The van der Waals surface area contributed by atoms with E-state index in [2.05, 4.69) is 9.97 Å². The highest BCUT2D eigenvalue weighted by atomic mass is 35.5. The molecule has 1 saturated heterocycles. The Labute approximate surface area is 194 Å². The first-order valence-electron chi connectivity index (χ1n) is 10.5. The van der Waals surface area contributed by atoms with Gasteiger partial charge in [0, 0.05) is 42.6 Å². The number of rotatable bonds is 3. The van der Waals surface area contributed by atoms with Crippen LogP contribution in [0.25, 0.3) is 22.2 Å². The predicted octanol–water partition coefficient (Wildman–Crippen LogP) is 4.07. The van der Waals surface area contributed by atoms with Gasteiger partial charge in [0.15, 0.2) is 0 Å². The van der Waals surface area contributed by atoms with E-state index in [0.717, 1.165) is 11.3 Å². The summed E-state index contributed by atoms with van der Waals surface area (Å²) in [6.07, 6.45) is 3.00. The molecular formula is C24H21ClFN5O2. The van der Waals surface area contributed by atoms with Crippen molar-refractivity contribution in [1.29, 1.82) is 0 Å². The van der Waals surface area contributed by atoms with Crippen molar-refractivity contribution >= 4 is 28.3 Å². The van der Waals surface area contributed by atoms with Gasteiger partial charge < -0.3 is 14.2 Å². The summed E-state index contributed by atoms with van der Waals surface area (Å²) in [6.45, 7) is 3.54. The average molecular weight is 466 g/mol. The van der Waals surface area contributed by atoms with Gasteiger partial charge in [0.25, 0.3) is 5.56 Å². The zero-order valence-electron chi connectivity index (χ0n) is 18.1. The third-order valence-corrected chi connectivity index (χ3v) is 5.99. The van der Waals surface area contributed by atoms with Gasteiger partial charge >= 0.3 is 0 Å². The van der Waals surface area contributed by atoms with Crippen molar-refractivity contribution in [3.8, 4) is 11.3 Å². The van der Waals surface area contributed by atoms with Crippen molar-refractivity contribution in [1.82, 2.24) is 19.5 Å². The van der Waals surface area contributed by atoms with Crippen LogP contribution >= 0.6 is 11.6 Å². The van der Waals surface area contributed by atoms with Gasteiger partial charge in [0.05, 0.1) is 18.3 Å². The molecule has 0 amide bonds. The number of hydrogen-bond acceptors (Lipinski definition) is 6. The summed E-state index contributed by atoms with van der Waals surface area (Å²) in [5, 5.41) is 0.654. The molecule has 3 aromatic heterocycles. The molecule has 4 aromatic rings. The van der Waals surface area contributed by atoms with Crippen LogP contribution in [0.15, 0.2) is 53.7 Å². The van der Waals surface area contributed by atoms with Crippen LogP contribution in [0.5, 0.6) is 0 Å². The number of aromatic nitrogens is 4. The zero-order valence-corrected chi connectivity index (χ0v) is 18.9. The lowest BCUT2D eigenvalue weighted by molar-refractivity contribution is 0.0394. The first kappa shape index (κ1) is 21.5. The fourth-order valence-corrected chi connectivity index (χ4v) is 4.22. The number of fused-ring (bicyclic) bond motifs is 1. The summed E-state index contributed by atoms with van der Waals surface area (Å²) >= 11 is 5.95. The molecular weight excluding hydrogens is 445 g/mol. The highest BCUT2D eigenvalue weighted by Gasteiger charge is 2.25. The largest absolute Gasteiger partial charge is 0.370 e. The summed E-state index contributed by atoms with van der Waals surface area (Å²) in [7, 11) is 1.63. The minimum atomic E-state index is -0.525. The molecule has 0 bridgehead atoms. The summed E-state index contributed by atoms with van der Waals surface area (Å²) in [6, 6.07) is 10.0. The van der Waals surface area contributed by atoms with E-state index in [9.17, 15) is 9.18 Å². The lowest BCUT2D eigenvalue weighted by Gasteiger charge is -2.34. The van der Waals surface area contributed by atoms with E-state index in [-0.39, 0.29) is 22.2 Å². The molecule has 0 spiro atoms. The first-order valence-corrected chi connectivity index (χ1v) is 10.9. The van der Waals surface area contributed by atoms with E-state index in [1.54, 1.807) is 31.4 Å². The molecule has 1 aliphatic heterocycles. The zero-order chi connectivity index (χ0) is 23.1. The minimum Gasteiger partial charge on any atom is -0.370 e. The van der Waals surface area contributed by atoms with Crippen molar-refractivity contribution in [2.75, 3.05) is 24.6 Å². The van der Waals surface area contributed by atoms with Gasteiger partial charge in [-0.3, -0.25) is 9.78 Å². The fraction of sp³-hybridized carbons (Fsp3) is 0.250. The summed E-state index contributed by atoms with van der Waals surface area (Å²) in [5.74, 6) is 0.0408. The van der Waals surface area contributed by atoms with Gasteiger partial charge in [0.1, 0.15) is 28.9 Å². The maximum atomic E-state index is 14.9. The Hall–Kier alpha value is -3.36. The molecule has 0 unspecified atom stereocenters. The van der Waals surface area contributed by atoms with Crippen LogP contribution in [-0.2, 0) is 11.8 Å². The summed E-state index contributed by atoms with van der Waals surface area (Å²) in [4.78, 5) is 28.4. The highest BCUT2D eigenvalue weighted by molar-refractivity contribution is 6.30. The monoisotopic (exact) mass is 465 g/mol. The Kier molecular flexibility index (Phi) is 5.55. The van der Waals surface area contributed by atoms with E-state index in [0.29, 0.717) is 42.1 Å². The molecule has 0 saturated carbocycles. The molecule has 1 aromatic carbocycles. The van der Waals surface area contributed by atoms with Crippen molar-refractivity contribution < 1.29 is 9.13 Å².